The summed E-state index contributed by atoms with van der Waals surface area (Å²) in [5, 5.41) is 11.3. The Bertz CT molecular complexity index is 1220. The lowest BCUT2D eigenvalue weighted by Crippen LogP contribution is -2.38. The Labute approximate surface area is 194 Å². The van der Waals surface area contributed by atoms with E-state index in [-0.39, 0.29) is 6.10 Å². The lowest BCUT2D eigenvalue weighted by atomic mass is 10.1. The summed E-state index contributed by atoms with van der Waals surface area (Å²) in [7, 11) is 0. The number of β-amino-alcohol motifs (C(OH)–C–C–N with tert-alkyl or cyclic N) is 1. The van der Waals surface area contributed by atoms with Crippen LogP contribution in [0.4, 0.5) is 10.9 Å². The van der Waals surface area contributed by atoms with E-state index in [4.69, 9.17) is 15.5 Å². The maximum atomic E-state index is 10.1. The molecular formula is C23H23N5O2S2. The van der Waals surface area contributed by atoms with Gasteiger partial charge in [-0.3, -0.25) is 0 Å². The molecule has 0 saturated carbocycles. The van der Waals surface area contributed by atoms with Crippen LogP contribution in [0.15, 0.2) is 59.8 Å². The molecule has 0 aliphatic carbocycles. The molecular weight excluding hydrogens is 442 g/mol. The number of nitrogen functional groups attached to an aromatic ring is 1. The minimum absolute atomic E-state index is 0.345. The van der Waals surface area contributed by atoms with Crippen LogP contribution < -0.4 is 15.4 Å². The highest BCUT2D eigenvalue weighted by Gasteiger charge is 2.23. The molecule has 1 atom stereocenters. The zero-order valence-electron chi connectivity index (χ0n) is 17.3. The molecule has 4 aromatic rings. The van der Waals surface area contributed by atoms with Gasteiger partial charge in [-0.05, 0) is 42.7 Å². The van der Waals surface area contributed by atoms with E-state index in [9.17, 15) is 5.11 Å². The van der Waals surface area contributed by atoms with E-state index in [2.05, 4.69) is 20.9 Å². The second kappa shape index (κ2) is 9.32. The Morgan fingerprint density at radius 3 is 2.78 bits per heavy atom. The fourth-order valence-corrected chi connectivity index (χ4v) is 5.27. The predicted octanol–water partition coefficient (Wildman–Crippen LogP) is 4.71. The van der Waals surface area contributed by atoms with Gasteiger partial charge < -0.3 is 20.5 Å². The van der Waals surface area contributed by atoms with Gasteiger partial charge >= 0.3 is 0 Å². The molecule has 0 radical (unpaired) electrons. The highest BCUT2D eigenvalue weighted by atomic mass is 32.2. The summed E-state index contributed by atoms with van der Waals surface area (Å²) in [5.41, 5.74) is 7.69. The summed E-state index contributed by atoms with van der Waals surface area (Å²) >= 11 is 2.94. The van der Waals surface area contributed by atoms with E-state index in [0.29, 0.717) is 28.2 Å². The van der Waals surface area contributed by atoms with Crippen molar-refractivity contribution in [1.29, 1.82) is 0 Å². The molecule has 32 heavy (non-hydrogen) atoms. The van der Waals surface area contributed by atoms with Crippen molar-refractivity contribution in [1.82, 2.24) is 15.0 Å². The number of rotatable bonds is 6. The van der Waals surface area contributed by atoms with Crippen LogP contribution in [0.25, 0.3) is 10.3 Å². The summed E-state index contributed by atoms with van der Waals surface area (Å²) in [4.78, 5) is 16.0. The first-order valence-corrected chi connectivity index (χ1v) is 12.3. The van der Waals surface area contributed by atoms with Crippen molar-refractivity contribution in [3.63, 3.8) is 0 Å². The maximum absolute atomic E-state index is 10.1. The number of hydrogen-bond acceptors (Lipinski definition) is 9. The number of thiazole rings is 1. The van der Waals surface area contributed by atoms with E-state index in [1.54, 1.807) is 11.8 Å². The molecule has 9 heteroatoms. The number of ether oxygens (including phenoxy) is 1. The monoisotopic (exact) mass is 465 g/mol. The number of nitrogens with zero attached hydrogens (tertiary/aromatic N) is 4. The zero-order chi connectivity index (χ0) is 21.9. The second-order valence-corrected chi connectivity index (χ2v) is 9.60. The third-order valence-electron chi connectivity index (χ3n) is 5.17. The van der Waals surface area contributed by atoms with Gasteiger partial charge in [0.2, 0.25) is 0 Å². The molecule has 3 heterocycles. The average molecular weight is 466 g/mol. The number of aromatic nitrogens is 3. The molecule has 7 nitrogen and oxygen atoms in total. The van der Waals surface area contributed by atoms with Gasteiger partial charge in [0.05, 0.1) is 6.10 Å². The molecule has 2 aromatic carbocycles. The molecule has 3 N–H and O–H groups in total. The molecule has 1 aliphatic heterocycles. The quantitative estimate of drug-likeness (QED) is 0.312. The molecule has 5 rings (SSSR count). The van der Waals surface area contributed by atoms with Gasteiger partial charge in [0.25, 0.3) is 0 Å². The Kier molecular flexibility index (Phi) is 6.11. The smallest absolute Gasteiger partial charge is 0.191 e. The SMILES string of the molecule is Nc1nc2nc(SCc3cccc(Oc4ccccc4)c3)nc(N3CCCC(O)C3)c2s1. The normalized spacial score (nSPS) is 16.4. The Morgan fingerprint density at radius 2 is 1.94 bits per heavy atom. The number of aliphatic hydroxyl groups is 1. The zero-order valence-corrected chi connectivity index (χ0v) is 19.0. The summed E-state index contributed by atoms with van der Waals surface area (Å²) in [6.45, 7) is 1.41. The van der Waals surface area contributed by atoms with Crippen molar-refractivity contribution in [2.24, 2.45) is 0 Å². The number of hydrogen-bond donors (Lipinski definition) is 2. The first-order chi connectivity index (χ1) is 15.6. The maximum Gasteiger partial charge on any atom is 0.191 e. The first-order valence-electron chi connectivity index (χ1n) is 10.5. The number of anilines is 2. The fraction of sp³-hybridized carbons (Fsp3) is 0.261. The molecule has 2 aromatic heterocycles. The van der Waals surface area contributed by atoms with Crippen molar-refractivity contribution in [3.05, 3.63) is 60.2 Å². The van der Waals surface area contributed by atoms with Gasteiger partial charge in [0.15, 0.2) is 21.8 Å². The van der Waals surface area contributed by atoms with Gasteiger partial charge in [-0.1, -0.05) is 53.4 Å². The average Bonchev–Trinajstić information content (AvgIpc) is 3.18. The number of para-hydroxylation sites is 1. The summed E-state index contributed by atoms with van der Waals surface area (Å²) in [6, 6.07) is 17.8. The molecule has 0 amide bonds. The minimum Gasteiger partial charge on any atom is -0.457 e. The fourth-order valence-electron chi connectivity index (χ4n) is 3.70. The first kappa shape index (κ1) is 21.0. The summed E-state index contributed by atoms with van der Waals surface area (Å²) < 4.78 is 6.82. The number of fused-ring (bicyclic) bond motifs is 1. The van der Waals surface area contributed by atoms with Crippen LogP contribution in [-0.4, -0.2) is 39.3 Å². The Hall–Kier alpha value is -2.88. The van der Waals surface area contributed by atoms with Crippen LogP contribution in [0.2, 0.25) is 0 Å². The van der Waals surface area contributed by atoms with Gasteiger partial charge in [-0.2, -0.15) is 0 Å². The van der Waals surface area contributed by atoms with Crippen LogP contribution in [0, 0.1) is 0 Å². The molecule has 1 saturated heterocycles. The number of thioether (sulfide) groups is 1. The Morgan fingerprint density at radius 1 is 1.09 bits per heavy atom. The molecule has 164 valence electrons. The third kappa shape index (κ3) is 4.79. The predicted molar refractivity (Wildman–Crippen MR) is 130 cm³/mol. The van der Waals surface area contributed by atoms with Crippen molar-refractivity contribution in [3.8, 4) is 11.5 Å². The van der Waals surface area contributed by atoms with Crippen LogP contribution in [0.3, 0.4) is 0 Å². The van der Waals surface area contributed by atoms with Crippen molar-refractivity contribution >= 4 is 44.4 Å². The number of aliphatic hydroxyl groups excluding tert-OH is 1. The lowest BCUT2D eigenvalue weighted by Gasteiger charge is -2.31. The molecule has 0 spiro atoms. The number of piperidine rings is 1. The van der Waals surface area contributed by atoms with Gasteiger partial charge in [-0.25, -0.2) is 15.0 Å². The van der Waals surface area contributed by atoms with Crippen molar-refractivity contribution in [2.45, 2.75) is 29.9 Å². The van der Waals surface area contributed by atoms with E-state index >= 15 is 0 Å². The minimum atomic E-state index is -0.345. The van der Waals surface area contributed by atoms with Crippen LogP contribution in [0.1, 0.15) is 18.4 Å². The lowest BCUT2D eigenvalue weighted by molar-refractivity contribution is 0.154. The molecule has 1 unspecified atom stereocenters. The van der Waals surface area contributed by atoms with Crippen molar-refractivity contribution < 1.29 is 9.84 Å². The molecule has 1 aliphatic rings. The largest absolute Gasteiger partial charge is 0.457 e. The van der Waals surface area contributed by atoms with Crippen molar-refractivity contribution in [2.75, 3.05) is 23.7 Å². The van der Waals surface area contributed by atoms with Crippen LogP contribution >= 0.6 is 23.1 Å². The summed E-state index contributed by atoms with van der Waals surface area (Å²) in [5.74, 6) is 3.10. The standard InChI is InChI=1S/C23H23N5O2S2/c24-22-25-20-19(32-22)21(28-11-5-7-16(29)13-28)27-23(26-20)31-14-15-6-4-10-18(12-15)30-17-8-2-1-3-9-17/h1-4,6,8-10,12,16,29H,5,7,11,13-14H2,(H2,24,25,26,27). The second-order valence-electron chi connectivity index (χ2n) is 7.63. The summed E-state index contributed by atoms with van der Waals surface area (Å²) in [6.07, 6.45) is 1.40. The van der Waals surface area contributed by atoms with Gasteiger partial charge in [0.1, 0.15) is 16.2 Å². The van der Waals surface area contributed by atoms with Gasteiger partial charge in [0, 0.05) is 18.8 Å². The van der Waals surface area contributed by atoms with E-state index < -0.39 is 0 Å². The van der Waals surface area contributed by atoms with Crippen LogP contribution in [0.5, 0.6) is 11.5 Å². The third-order valence-corrected chi connectivity index (χ3v) is 6.96. The molecule has 1 fully saturated rings. The molecule has 0 bridgehead atoms. The van der Waals surface area contributed by atoms with E-state index in [1.165, 1.54) is 11.3 Å². The Balaban J connectivity index is 1.36. The highest BCUT2D eigenvalue weighted by Crippen LogP contribution is 2.35. The highest BCUT2D eigenvalue weighted by molar-refractivity contribution is 7.98. The number of benzene rings is 2. The van der Waals surface area contributed by atoms with Gasteiger partial charge in [-0.15, -0.1) is 0 Å². The van der Waals surface area contributed by atoms with E-state index in [1.807, 2.05) is 48.5 Å². The number of nitrogens with two attached hydrogens (primary N) is 1. The topological polar surface area (TPSA) is 97.4 Å². The van der Waals surface area contributed by atoms with Crippen LogP contribution in [-0.2, 0) is 5.75 Å². The van der Waals surface area contributed by atoms with E-state index in [0.717, 1.165) is 47.0 Å².